The number of hydrogen-bond donors (Lipinski definition) is 1. The molecule has 1 fully saturated rings. The summed E-state index contributed by atoms with van der Waals surface area (Å²) >= 11 is 0. The summed E-state index contributed by atoms with van der Waals surface area (Å²) in [6.07, 6.45) is 5.84. The Morgan fingerprint density at radius 3 is 2.74 bits per heavy atom. The Bertz CT molecular complexity index is 504. The van der Waals surface area contributed by atoms with Gasteiger partial charge in [-0.2, -0.15) is 0 Å². The van der Waals surface area contributed by atoms with Crippen molar-refractivity contribution in [2.24, 2.45) is 0 Å². The molecule has 0 aliphatic heterocycles. The molecule has 1 aliphatic rings. The van der Waals surface area contributed by atoms with Gasteiger partial charge >= 0.3 is 0 Å². The number of likely N-dealkylation sites (N-methyl/N-ethyl adjacent to an activating group) is 1. The highest BCUT2D eigenvalue weighted by Gasteiger charge is 2.22. The molecule has 0 saturated heterocycles. The van der Waals surface area contributed by atoms with Crippen molar-refractivity contribution in [2.45, 2.75) is 51.1 Å². The van der Waals surface area contributed by atoms with Gasteiger partial charge in [-0.25, -0.2) is 4.39 Å². The third-order valence-electron chi connectivity index (χ3n) is 4.53. The SMILES string of the molecule is C[C@@H](C(=O)NC1CCCCC1)N(C)CCOc1ccccc1F. The summed E-state index contributed by atoms with van der Waals surface area (Å²) in [5.41, 5.74) is 0. The first-order valence-electron chi connectivity index (χ1n) is 8.46. The van der Waals surface area contributed by atoms with Gasteiger partial charge in [-0.15, -0.1) is 0 Å². The van der Waals surface area contributed by atoms with Crippen molar-refractivity contribution < 1.29 is 13.9 Å². The monoisotopic (exact) mass is 322 g/mol. The van der Waals surface area contributed by atoms with E-state index < -0.39 is 0 Å². The highest BCUT2D eigenvalue weighted by atomic mass is 19.1. The van der Waals surface area contributed by atoms with Gasteiger partial charge in [0.15, 0.2) is 11.6 Å². The molecule has 1 aliphatic carbocycles. The Hall–Kier alpha value is -1.62. The van der Waals surface area contributed by atoms with E-state index >= 15 is 0 Å². The first-order valence-corrected chi connectivity index (χ1v) is 8.46. The lowest BCUT2D eigenvalue weighted by Gasteiger charge is -2.28. The standard InChI is InChI=1S/C18H27FN2O2/c1-14(18(22)20-15-8-4-3-5-9-15)21(2)12-13-23-17-11-7-6-10-16(17)19/h6-7,10-11,14-15H,3-5,8-9,12-13H2,1-2H3,(H,20,22)/t14-/m0/s1. The lowest BCUT2D eigenvalue weighted by atomic mass is 9.95. The second-order valence-corrected chi connectivity index (χ2v) is 6.28. The fourth-order valence-corrected chi connectivity index (χ4v) is 2.82. The van der Waals surface area contributed by atoms with Crippen LogP contribution in [-0.2, 0) is 4.79 Å². The topological polar surface area (TPSA) is 41.6 Å². The number of benzene rings is 1. The van der Waals surface area contributed by atoms with Crippen LogP contribution >= 0.6 is 0 Å². The van der Waals surface area contributed by atoms with Crippen molar-refractivity contribution >= 4 is 5.91 Å². The predicted molar refractivity (Wildman–Crippen MR) is 89.0 cm³/mol. The van der Waals surface area contributed by atoms with Crippen molar-refractivity contribution in [3.8, 4) is 5.75 Å². The minimum Gasteiger partial charge on any atom is -0.489 e. The zero-order valence-electron chi connectivity index (χ0n) is 14.1. The zero-order chi connectivity index (χ0) is 16.7. The average molecular weight is 322 g/mol. The average Bonchev–Trinajstić information content (AvgIpc) is 2.56. The van der Waals surface area contributed by atoms with Crippen molar-refractivity contribution in [3.63, 3.8) is 0 Å². The summed E-state index contributed by atoms with van der Waals surface area (Å²) in [7, 11) is 1.88. The molecule has 0 radical (unpaired) electrons. The van der Waals surface area contributed by atoms with E-state index in [2.05, 4.69) is 5.32 Å². The van der Waals surface area contributed by atoms with Crippen molar-refractivity contribution in [1.82, 2.24) is 10.2 Å². The number of rotatable bonds is 7. The van der Waals surface area contributed by atoms with Gasteiger partial charge in [0.05, 0.1) is 6.04 Å². The molecule has 0 unspecified atom stereocenters. The van der Waals surface area contributed by atoms with Crippen LogP contribution in [0.15, 0.2) is 24.3 Å². The van der Waals surface area contributed by atoms with E-state index in [9.17, 15) is 9.18 Å². The third kappa shape index (κ3) is 5.50. The maximum absolute atomic E-state index is 13.5. The molecule has 23 heavy (non-hydrogen) atoms. The summed E-state index contributed by atoms with van der Waals surface area (Å²) in [5.74, 6) is -0.0521. The predicted octanol–water partition coefficient (Wildman–Crippen LogP) is 2.97. The highest BCUT2D eigenvalue weighted by molar-refractivity contribution is 5.81. The van der Waals surface area contributed by atoms with E-state index in [0.717, 1.165) is 12.8 Å². The van der Waals surface area contributed by atoms with Gasteiger partial charge in [0, 0.05) is 12.6 Å². The van der Waals surface area contributed by atoms with E-state index in [4.69, 9.17) is 4.74 Å². The van der Waals surface area contributed by atoms with Gasteiger partial charge in [-0.3, -0.25) is 9.69 Å². The molecule has 4 nitrogen and oxygen atoms in total. The van der Waals surface area contributed by atoms with Gasteiger partial charge < -0.3 is 10.1 Å². The molecule has 0 bridgehead atoms. The Balaban J connectivity index is 1.72. The highest BCUT2D eigenvalue weighted by Crippen LogP contribution is 2.18. The summed E-state index contributed by atoms with van der Waals surface area (Å²) in [5, 5.41) is 3.14. The van der Waals surface area contributed by atoms with E-state index in [1.807, 2.05) is 18.9 Å². The summed E-state index contributed by atoms with van der Waals surface area (Å²) in [6.45, 7) is 2.80. The Morgan fingerprint density at radius 1 is 1.35 bits per heavy atom. The van der Waals surface area contributed by atoms with Crippen LogP contribution in [0.2, 0.25) is 0 Å². The van der Waals surface area contributed by atoms with Crippen LogP contribution in [0.25, 0.3) is 0 Å². The van der Waals surface area contributed by atoms with Crippen molar-refractivity contribution in [1.29, 1.82) is 0 Å². The van der Waals surface area contributed by atoms with Gasteiger partial charge in [0.1, 0.15) is 6.61 Å². The molecule has 2 rings (SSSR count). The fourth-order valence-electron chi connectivity index (χ4n) is 2.82. The number of ether oxygens (including phenoxy) is 1. The molecule has 1 saturated carbocycles. The van der Waals surface area contributed by atoms with Crippen molar-refractivity contribution in [2.75, 3.05) is 20.2 Å². The number of hydrogen-bond acceptors (Lipinski definition) is 3. The minimum atomic E-state index is -0.363. The lowest BCUT2D eigenvalue weighted by molar-refractivity contribution is -0.126. The second-order valence-electron chi connectivity index (χ2n) is 6.28. The smallest absolute Gasteiger partial charge is 0.237 e. The first-order chi connectivity index (χ1) is 11.1. The number of amides is 1. The number of carbonyl (C=O) groups is 1. The summed E-state index contributed by atoms with van der Waals surface area (Å²) in [4.78, 5) is 14.2. The Kier molecular flexibility index (Phi) is 6.84. The maximum atomic E-state index is 13.5. The van der Waals surface area contributed by atoms with Crippen LogP contribution in [0.3, 0.4) is 0 Å². The summed E-state index contributed by atoms with van der Waals surface area (Å²) < 4.78 is 18.9. The van der Waals surface area contributed by atoms with E-state index in [-0.39, 0.29) is 23.5 Å². The molecule has 1 aromatic carbocycles. The van der Waals surface area contributed by atoms with Crippen LogP contribution in [0.1, 0.15) is 39.0 Å². The molecule has 1 atom stereocenters. The molecule has 0 aromatic heterocycles. The molecule has 1 N–H and O–H groups in total. The van der Waals surface area contributed by atoms with Gasteiger partial charge in [-0.1, -0.05) is 31.4 Å². The number of halogens is 1. The molecule has 128 valence electrons. The Morgan fingerprint density at radius 2 is 2.04 bits per heavy atom. The lowest BCUT2D eigenvalue weighted by Crippen LogP contribution is -2.48. The Labute approximate surface area is 138 Å². The first kappa shape index (κ1) is 17.7. The van der Waals surface area contributed by atoms with Crippen molar-refractivity contribution in [3.05, 3.63) is 30.1 Å². The number of carbonyl (C=O) groups excluding carboxylic acids is 1. The van der Waals surface area contributed by atoms with Gasteiger partial charge in [0.25, 0.3) is 0 Å². The number of nitrogens with one attached hydrogen (secondary N) is 1. The largest absolute Gasteiger partial charge is 0.489 e. The zero-order valence-corrected chi connectivity index (χ0v) is 14.1. The van der Waals surface area contributed by atoms with E-state index in [0.29, 0.717) is 19.2 Å². The van der Waals surface area contributed by atoms with Gasteiger partial charge in [-0.05, 0) is 38.9 Å². The maximum Gasteiger partial charge on any atom is 0.237 e. The van der Waals surface area contributed by atoms with E-state index in [1.54, 1.807) is 18.2 Å². The molecule has 5 heteroatoms. The fraction of sp³-hybridized carbons (Fsp3) is 0.611. The molecule has 1 amide bonds. The third-order valence-corrected chi connectivity index (χ3v) is 4.53. The number of nitrogens with zero attached hydrogens (tertiary/aromatic N) is 1. The van der Waals surface area contributed by atoms with Crippen LogP contribution in [0.4, 0.5) is 4.39 Å². The minimum absolute atomic E-state index is 0.0605. The van der Waals surface area contributed by atoms with Crippen LogP contribution in [0, 0.1) is 5.82 Å². The van der Waals surface area contributed by atoms with Gasteiger partial charge in [0.2, 0.25) is 5.91 Å². The molecular weight excluding hydrogens is 295 g/mol. The quantitative estimate of drug-likeness (QED) is 0.839. The number of para-hydroxylation sites is 1. The van der Waals surface area contributed by atoms with Crippen LogP contribution in [-0.4, -0.2) is 43.1 Å². The second kappa shape index (κ2) is 8.87. The van der Waals surface area contributed by atoms with Crippen LogP contribution in [0.5, 0.6) is 5.75 Å². The van der Waals surface area contributed by atoms with Crippen LogP contribution < -0.4 is 10.1 Å². The van der Waals surface area contributed by atoms with E-state index in [1.165, 1.54) is 25.3 Å². The molecular formula is C18H27FN2O2. The molecule has 1 aromatic rings. The normalized spacial score (nSPS) is 17.0. The molecule has 0 spiro atoms. The summed E-state index contributed by atoms with van der Waals surface area (Å²) in [6, 6.07) is 6.45. The molecule has 0 heterocycles.